The van der Waals surface area contributed by atoms with E-state index in [1.165, 1.54) is 4.90 Å². The number of amides is 1. The van der Waals surface area contributed by atoms with Gasteiger partial charge in [-0.15, -0.1) is 0 Å². The summed E-state index contributed by atoms with van der Waals surface area (Å²) in [4.78, 5) is 28.7. The lowest BCUT2D eigenvalue weighted by molar-refractivity contribution is -0.114. The normalized spacial score (nSPS) is 13.9. The van der Waals surface area contributed by atoms with E-state index in [4.69, 9.17) is 0 Å². The summed E-state index contributed by atoms with van der Waals surface area (Å²) in [7, 11) is 1.61. The number of carbonyl (C=O) groups excluding carboxylic acids is 2. The zero-order valence-electron chi connectivity index (χ0n) is 9.75. The maximum atomic E-state index is 11.8. The van der Waals surface area contributed by atoms with Crippen molar-refractivity contribution < 1.29 is 9.59 Å². The standard InChI is InChI=1S/C14H10N2O2/c1-16-12-3-2-10(9-4-6-15-7-5-9)8-11(12)13(17)14(16)18/h2-8H,1H3. The van der Waals surface area contributed by atoms with Crippen LogP contribution in [0.5, 0.6) is 0 Å². The van der Waals surface area contributed by atoms with E-state index in [0.29, 0.717) is 11.3 Å². The lowest BCUT2D eigenvalue weighted by atomic mass is 10.0. The molecule has 1 aromatic heterocycles. The van der Waals surface area contributed by atoms with Gasteiger partial charge in [0.1, 0.15) is 0 Å². The second-order valence-electron chi connectivity index (χ2n) is 4.16. The SMILES string of the molecule is CN1C(=O)C(=O)c2cc(-c3ccncc3)ccc21. The molecule has 0 spiro atoms. The van der Waals surface area contributed by atoms with Crippen LogP contribution in [0.25, 0.3) is 11.1 Å². The molecule has 0 bridgehead atoms. The van der Waals surface area contributed by atoms with Gasteiger partial charge < -0.3 is 4.90 Å². The summed E-state index contributed by atoms with van der Waals surface area (Å²) in [5, 5.41) is 0. The monoisotopic (exact) mass is 238 g/mol. The number of anilines is 1. The van der Waals surface area contributed by atoms with Crippen LogP contribution in [-0.4, -0.2) is 23.7 Å². The third-order valence-corrected chi connectivity index (χ3v) is 3.12. The van der Waals surface area contributed by atoms with E-state index < -0.39 is 11.7 Å². The number of Topliss-reactive ketones (excluding diaryl/α,β-unsaturated/α-hetero) is 1. The number of hydrogen-bond acceptors (Lipinski definition) is 3. The van der Waals surface area contributed by atoms with Gasteiger partial charge in [-0.2, -0.15) is 0 Å². The molecule has 88 valence electrons. The van der Waals surface area contributed by atoms with E-state index >= 15 is 0 Å². The lowest BCUT2D eigenvalue weighted by Gasteiger charge is -2.09. The first-order valence-corrected chi connectivity index (χ1v) is 5.55. The number of hydrogen-bond donors (Lipinski definition) is 0. The van der Waals surface area contributed by atoms with Crippen molar-refractivity contribution in [3.8, 4) is 11.1 Å². The van der Waals surface area contributed by atoms with Crippen LogP contribution in [0.15, 0.2) is 42.7 Å². The van der Waals surface area contributed by atoms with E-state index in [2.05, 4.69) is 4.98 Å². The van der Waals surface area contributed by atoms with Gasteiger partial charge in [0.15, 0.2) is 0 Å². The first-order valence-electron chi connectivity index (χ1n) is 5.55. The average molecular weight is 238 g/mol. The summed E-state index contributed by atoms with van der Waals surface area (Å²) in [5.41, 5.74) is 3.02. The minimum absolute atomic E-state index is 0.441. The fourth-order valence-electron chi connectivity index (χ4n) is 2.11. The lowest BCUT2D eigenvalue weighted by Crippen LogP contribution is -2.24. The van der Waals surface area contributed by atoms with Gasteiger partial charge in [0, 0.05) is 19.4 Å². The molecule has 1 amide bonds. The van der Waals surface area contributed by atoms with Crippen molar-refractivity contribution >= 4 is 17.4 Å². The van der Waals surface area contributed by atoms with E-state index in [1.807, 2.05) is 18.2 Å². The highest BCUT2D eigenvalue weighted by molar-refractivity contribution is 6.52. The second-order valence-corrected chi connectivity index (χ2v) is 4.16. The first-order chi connectivity index (χ1) is 8.68. The van der Waals surface area contributed by atoms with Gasteiger partial charge in [0.2, 0.25) is 0 Å². The fourth-order valence-corrected chi connectivity index (χ4v) is 2.11. The molecule has 0 N–H and O–H groups in total. The van der Waals surface area contributed by atoms with Crippen LogP contribution in [-0.2, 0) is 4.79 Å². The van der Waals surface area contributed by atoms with Crippen molar-refractivity contribution in [2.45, 2.75) is 0 Å². The van der Waals surface area contributed by atoms with Crippen molar-refractivity contribution in [1.29, 1.82) is 0 Å². The molecule has 4 nitrogen and oxygen atoms in total. The Morgan fingerprint density at radius 2 is 1.72 bits per heavy atom. The van der Waals surface area contributed by atoms with E-state index in [0.717, 1.165) is 11.1 Å². The summed E-state index contributed by atoms with van der Waals surface area (Å²) in [6.45, 7) is 0. The topological polar surface area (TPSA) is 50.3 Å². The summed E-state index contributed by atoms with van der Waals surface area (Å²) in [5.74, 6) is -0.916. The third-order valence-electron chi connectivity index (χ3n) is 3.12. The minimum atomic E-state index is -0.475. The summed E-state index contributed by atoms with van der Waals surface area (Å²) < 4.78 is 0. The smallest absolute Gasteiger partial charge is 0.299 e. The number of nitrogens with zero attached hydrogens (tertiary/aromatic N) is 2. The predicted octanol–water partition coefficient (Wildman–Crippen LogP) is 1.91. The van der Waals surface area contributed by atoms with Crippen LogP contribution in [0.4, 0.5) is 5.69 Å². The maximum Gasteiger partial charge on any atom is 0.299 e. The van der Waals surface area contributed by atoms with Crippen LogP contribution in [0.2, 0.25) is 0 Å². The van der Waals surface area contributed by atoms with Crippen LogP contribution >= 0.6 is 0 Å². The average Bonchev–Trinajstić information content (AvgIpc) is 2.65. The number of aromatic nitrogens is 1. The van der Waals surface area contributed by atoms with Crippen LogP contribution in [0, 0.1) is 0 Å². The van der Waals surface area contributed by atoms with Gasteiger partial charge in [-0.05, 0) is 35.4 Å². The highest BCUT2D eigenvalue weighted by Crippen LogP contribution is 2.31. The Kier molecular flexibility index (Phi) is 2.23. The molecule has 0 unspecified atom stereocenters. The van der Waals surface area contributed by atoms with Crippen molar-refractivity contribution in [2.24, 2.45) is 0 Å². The summed E-state index contributed by atoms with van der Waals surface area (Å²) in [6, 6.07) is 9.19. The Morgan fingerprint density at radius 1 is 1.00 bits per heavy atom. The molecule has 18 heavy (non-hydrogen) atoms. The molecule has 0 saturated heterocycles. The van der Waals surface area contributed by atoms with Crippen LogP contribution in [0.1, 0.15) is 10.4 Å². The van der Waals surface area contributed by atoms with Gasteiger partial charge in [0.25, 0.3) is 11.7 Å². The number of rotatable bonds is 1. The van der Waals surface area contributed by atoms with Crippen molar-refractivity contribution in [1.82, 2.24) is 4.98 Å². The van der Waals surface area contributed by atoms with Crippen molar-refractivity contribution in [2.75, 3.05) is 11.9 Å². The zero-order valence-corrected chi connectivity index (χ0v) is 9.75. The molecule has 4 heteroatoms. The van der Waals surface area contributed by atoms with Gasteiger partial charge in [0.05, 0.1) is 11.3 Å². The quantitative estimate of drug-likeness (QED) is 0.713. The Balaban J connectivity index is 2.14. The highest BCUT2D eigenvalue weighted by Gasteiger charge is 2.33. The number of fused-ring (bicyclic) bond motifs is 1. The van der Waals surface area contributed by atoms with Gasteiger partial charge in [-0.25, -0.2) is 0 Å². The first kappa shape index (κ1) is 10.7. The van der Waals surface area contributed by atoms with Crippen molar-refractivity contribution in [3.05, 3.63) is 48.3 Å². The van der Waals surface area contributed by atoms with E-state index in [1.54, 1.807) is 31.6 Å². The molecular formula is C14H10N2O2. The zero-order chi connectivity index (χ0) is 12.7. The summed E-state index contributed by atoms with van der Waals surface area (Å²) >= 11 is 0. The minimum Gasteiger partial charge on any atom is -0.308 e. The molecule has 1 aromatic carbocycles. The summed E-state index contributed by atoms with van der Waals surface area (Å²) in [6.07, 6.45) is 3.39. The number of likely N-dealkylation sites (N-methyl/N-ethyl adjacent to an activating group) is 1. The van der Waals surface area contributed by atoms with Gasteiger partial charge >= 0.3 is 0 Å². The molecular weight excluding hydrogens is 228 g/mol. The second kappa shape index (κ2) is 3.77. The van der Waals surface area contributed by atoms with Crippen LogP contribution < -0.4 is 4.90 Å². The molecule has 0 radical (unpaired) electrons. The van der Waals surface area contributed by atoms with E-state index in [9.17, 15) is 9.59 Å². The number of ketones is 1. The molecule has 2 aromatic rings. The molecule has 0 aliphatic carbocycles. The Hall–Kier alpha value is -2.49. The molecule has 2 heterocycles. The molecule has 0 saturated carbocycles. The Morgan fingerprint density at radius 3 is 2.44 bits per heavy atom. The number of carbonyl (C=O) groups is 2. The molecule has 0 atom stereocenters. The fraction of sp³-hybridized carbons (Fsp3) is 0.0714. The maximum absolute atomic E-state index is 11.8. The van der Waals surface area contributed by atoms with Gasteiger partial charge in [-0.1, -0.05) is 6.07 Å². The predicted molar refractivity (Wildman–Crippen MR) is 67.4 cm³/mol. The van der Waals surface area contributed by atoms with E-state index in [-0.39, 0.29) is 0 Å². The largest absolute Gasteiger partial charge is 0.308 e. The molecule has 1 aliphatic rings. The number of pyridine rings is 1. The van der Waals surface area contributed by atoms with Crippen LogP contribution in [0.3, 0.4) is 0 Å². The molecule has 3 rings (SSSR count). The highest BCUT2D eigenvalue weighted by atomic mass is 16.2. The Labute approximate surface area is 104 Å². The van der Waals surface area contributed by atoms with Crippen molar-refractivity contribution in [3.63, 3.8) is 0 Å². The molecule has 0 fully saturated rings. The third kappa shape index (κ3) is 1.43. The molecule has 1 aliphatic heterocycles. The Bertz CT molecular complexity index is 650. The van der Waals surface area contributed by atoms with Gasteiger partial charge in [-0.3, -0.25) is 14.6 Å². The number of benzene rings is 1.